The molecule has 4 aliphatic heterocycles. The highest BCUT2D eigenvalue weighted by molar-refractivity contribution is 5.98. The van der Waals surface area contributed by atoms with Crippen molar-refractivity contribution < 1.29 is 24.4 Å². The topological polar surface area (TPSA) is 194 Å². The highest BCUT2D eigenvalue weighted by atomic mass is 16.5. The zero-order valence-corrected chi connectivity index (χ0v) is 22.3. The van der Waals surface area contributed by atoms with E-state index in [1.807, 2.05) is 12.1 Å². The van der Waals surface area contributed by atoms with Crippen LogP contribution in [0.4, 0.5) is 0 Å². The summed E-state index contributed by atoms with van der Waals surface area (Å²) < 4.78 is 5.93. The summed E-state index contributed by atoms with van der Waals surface area (Å²) >= 11 is 0. The number of ether oxygens (including phenoxy) is 1. The molecule has 1 spiro atoms. The molecule has 1 aromatic heterocycles. The minimum atomic E-state index is -1.19. The van der Waals surface area contributed by atoms with Crippen LogP contribution in [0.1, 0.15) is 46.7 Å². The van der Waals surface area contributed by atoms with Crippen LogP contribution < -0.4 is 37.1 Å². The van der Waals surface area contributed by atoms with E-state index < -0.39 is 29.9 Å². The number of nitrogens with zero attached hydrogens (tertiary/aromatic N) is 3. The first-order valence-corrected chi connectivity index (χ1v) is 13.3. The summed E-state index contributed by atoms with van der Waals surface area (Å²) in [7, 11) is 0. The second-order valence-electron chi connectivity index (χ2n) is 11.3. The number of rotatable bonds is 5. The number of aromatic nitrogens is 1. The van der Waals surface area contributed by atoms with Crippen molar-refractivity contribution in [2.45, 2.75) is 55.6 Å². The summed E-state index contributed by atoms with van der Waals surface area (Å²) in [6, 6.07) is 8.78. The molecule has 0 aliphatic carbocycles. The van der Waals surface area contributed by atoms with Gasteiger partial charge in [0.2, 0.25) is 5.66 Å². The summed E-state index contributed by atoms with van der Waals surface area (Å²) in [5.41, 5.74) is 12.9. The van der Waals surface area contributed by atoms with Crippen LogP contribution in [0.2, 0.25) is 0 Å². The second-order valence-corrected chi connectivity index (χ2v) is 11.3. The highest BCUT2D eigenvalue weighted by Crippen LogP contribution is 2.41. The molecular weight excluding hydrogens is 514 g/mol. The standard InChI is InChI=1S/C27H33N9O4/c1-26(2)9-11-40-19-14(6-5-7-15(19)26)22(38)32-18-13-36-25(29)33-17(12-31-23(39)16-8-3-4-10-30-16)20-27(36,21(18)37)35-24(28)34-20/h3-8,10,17-18,20-21,37H,9,11-13H2,1-2H3,(H2,29,33)(H,31,39)(H,32,38)(H3,28,34,35)/p+1/t17-,18?,20-,21+,27-/m0/s1. The average molecular weight is 549 g/mol. The normalized spacial score (nSPS) is 29.5. The Hall–Kier alpha value is -4.39. The van der Waals surface area contributed by atoms with E-state index in [1.165, 1.54) is 6.20 Å². The first-order chi connectivity index (χ1) is 19.1. The van der Waals surface area contributed by atoms with Crippen LogP contribution in [-0.2, 0) is 5.41 Å². The molecule has 210 valence electrons. The molecule has 1 saturated heterocycles. The van der Waals surface area contributed by atoms with Crippen molar-refractivity contribution in [2.24, 2.45) is 16.5 Å². The maximum Gasteiger partial charge on any atom is 0.343 e. The van der Waals surface area contributed by atoms with Gasteiger partial charge in [0.25, 0.3) is 11.8 Å². The minimum absolute atomic E-state index is 0.116. The third kappa shape index (κ3) is 3.99. The molecule has 13 heteroatoms. The Morgan fingerprint density at radius 1 is 1.23 bits per heavy atom. The van der Waals surface area contributed by atoms with Crippen LogP contribution in [0.25, 0.3) is 0 Å². The molecule has 5 atom stereocenters. The summed E-state index contributed by atoms with van der Waals surface area (Å²) in [6.07, 6.45) is 1.26. The third-order valence-corrected chi connectivity index (χ3v) is 8.39. The number of guanidine groups is 2. The van der Waals surface area contributed by atoms with E-state index in [2.05, 4.69) is 44.8 Å². The number of carbonyl (C=O) groups excluding carboxylic acids is 2. The summed E-state index contributed by atoms with van der Waals surface area (Å²) in [6.45, 7) is 5.08. The van der Waals surface area contributed by atoms with E-state index in [9.17, 15) is 14.7 Å². The number of amides is 2. The number of pyridine rings is 1. The molecular formula is C27H34N9O4+. The molecule has 1 aromatic carbocycles. The summed E-state index contributed by atoms with van der Waals surface area (Å²) in [5.74, 6) is 0.252. The number of aliphatic hydroxyl groups excluding tert-OH is 1. The number of aliphatic imine (C=N–C) groups is 1. The fourth-order valence-corrected chi connectivity index (χ4v) is 6.27. The van der Waals surface area contributed by atoms with E-state index in [0.717, 1.165) is 12.0 Å². The molecule has 1 unspecified atom stereocenters. The number of benzene rings is 1. The number of para-hydroxylation sites is 1. The number of fused-ring (bicyclic) bond motifs is 1. The number of nitrogens with two attached hydrogens (primary N) is 2. The lowest BCUT2D eigenvalue weighted by Crippen LogP contribution is -2.88. The Balaban J connectivity index is 1.23. The van der Waals surface area contributed by atoms with Crippen molar-refractivity contribution in [1.29, 1.82) is 0 Å². The van der Waals surface area contributed by atoms with Crippen molar-refractivity contribution in [3.05, 3.63) is 59.4 Å². The number of hydrogen-bond donors (Lipinski definition) is 7. The molecule has 9 N–H and O–H groups in total. The number of hydrogen-bond acceptors (Lipinski definition) is 10. The van der Waals surface area contributed by atoms with E-state index in [4.69, 9.17) is 16.2 Å². The Labute approximate surface area is 231 Å². The number of carbonyl (C=O) groups is 2. The van der Waals surface area contributed by atoms with Crippen molar-refractivity contribution in [3.63, 3.8) is 0 Å². The molecule has 0 bridgehead atoms. The van der Waals surface area contributed by atoms with Gasteiger partial charge in [-0.2, -0.15) is 0 Å². The lowest BCUT2D eigenvalue weighted by atomic mass is 9.79. The Morgan fingerprint density at radius 2 is 2.05 bits per heavy atom. The quantitative estimate of drug-likeness (QED) is 0.205. The highest BCUT2D eigenvalue weighted by Gasteiger charge is 2.68. The van der Waals surface area contributed by atoms with E-state index >= 15 is 0 Å². The second kappa shape index (κ2) is 9.37. The average Bonchev–Trinajstić information content (AvgIpc) is 3.43. The zero-order chi connectivity index (χ0) is 28.2. The van der Waals surface area contributed by atoms with Gasteiger partial charge in [-0.3, -0.25) is 25.3 Å². The fourth-order valence-electron chi connectivity index (χ4n) is 6.27. The van der Waals surface area contributed by atoms with Gasteiger partial charge in [-0.05, 0) is 30.0 Å². The molecule has 40 heavy (non-hydrogen) atoms. The first-order valence-electron chi connectivity index (χ1n) is 13.3. The van der Waals surface area contributed by atoms with Gasteiger partial charge in [-0.1, -0.05) is 32.0 Å². The molecule has 6 rings (SSSR count). The van der Waals surface area contributed by atoms with Gasteiger partial charge >= 0.3 is 5.96 Å². The Kier molecular flexibility index (Phi) is 6.06. The van der Waals surface area contributed by atoms with Gasteiger partial charge in [-0.15, -0.1) is 0 Å². The van der Waals surface area contributed by atoms with Crippen molar-refractivity contribution in [1.82, 2.24) is 25.8 Å². The van der Waals surface area contributed by atoms with Crippen molar-refractivity contribution >= 4 is 23.7 Å². The van der Waals surface area contributed by atoms with E-state index in [1.54, 1.807) is 29.2 Å². The summed E-state index contributed by atoms with van der Waals surface area (Å²) in [4.78, 5) is 39.7. The van der Waals surface area contributed by atoms with E-state index in [-0.39, 0.29) is 47.9 Å². The van der Waals surface area contributed by atoms with E-state index in [0.29, 0.717) is 17.9 Å². The van der Waals surface area contributed by atoms with Gasteiger partial charge in [0.15, 0.2) is 12.0 Å². The predicted octanol–water partition coefficient (Wildman–Crippen LogP) is -2.89. The molecule has 13 nitrogen and oxygen atoms in total. The smallest absolute Gasteiger partial charge is 0.343 e. The number of aliphatic hydroxyl groups is 1. The van der Waals surface area contributed by atoms with Gasteiger partial charge < -0.3 is 31.1 Å². The van der Waals surface area contributed by atoms with Gasteiger partial charge in [0, 0.05) is 24.8 Å². The monoisotopic (exact) mass is 548 g/mol. The van der Waals surface area contributed by atoms with Crippen molar-refractivity contribution in [2.75, 3.05) is 19.7 Å². The predicted molar refractivity (Wildman–Crippen MR) is 145 cm³/mol. The molecule has 4 aliphatic rings. The van der Waals surface area contributed by atoms with Crippen LogP contribution in [-0.4, -0.2) is 88.3 Å². The van der Waals surface area contributed by atoms with Crippen LogP contribution in [0, 0.1) is 0 Å². The van der Waals surface area contributed by atoms with Gasteiger partial charge in [0.1, 0.15) is 23.6 Å². The van der Waals surface area contributed by atoms with Gasteiger partial charge in [-0.25, -0.2) is 10.3 Å². The Bertz CT molecular complexity index is 1410. The summed E-state index contributed by atoms with van der Waals surface area (Å²) in [5, 5.41) is 20.7. The molecule has 5 heterocycles. The maximum atomic E-state index is 13.5. The largest absolute Gasteiger partial charge is 0.492 e. The van der Waals surface area contributed by atoms with Gasteiger partial charge in [0.05, 0.1) is 18.2 Å². The third-order valence-electron chi connectivity index (χ3n) is 8.39. The minimum Gasteiger partial charge on any atom is -0.492 e. The maximum absolute atomic E-state index is 13.5. The van der Waals surface area contributed by atoms with Crippen LogP contribution in [0.5, 0.6) is 5.75 Å². The Morgan fingerprint density at radius 3 is 2.83 bits per heavy atom. The SMILES string of the molecule is CC1(C)CCOc2c(C(=O)NC3CN4C(N)=N[C@@H](CNC(=O)c5ccccn5)[C@@H]5[NH+]=C(N)N[C@@]54[C@@H]3O)cccc21. The molecule has 0 saturated carbocycles. The number of nitrogens with one attached hydrogen (secondary N) is 4. The molecule has 2 amide bonds. The molecule has 0 radical (unpaired) electrons. The molecule has 2 aromatic rings. The van der Waals surface area contributed by atoms with Crippen LogP contribution in [0.3, 0.4) is 0 Å². The lowest BCUT2D eigenvalue weighted by Gasteiger charge is -2.43. The van der Waals surface area contributed by atoms with Crippen LogP contribution in [0.15, 0.2) is 47.6 Å². The van der Waals surface area contributed by atoms with Crippen molar-refractivity contribution in [3.8, 4) is 5.75 Å². The lowest BCUT2D eigenvalue weighted by molar-refractivity contribution is -0.513. The van der Waals surface area contributed by atoms with Crippen LogP contribution >= 0.6 is 0 Å². The first kappa shape index (κ1) is 25.9. The molecule has 1 fully saturated rings. The zero-order valence-electron chi connectivity index (χ0n) is 22.3. The fraction of sp³-hybridized carbons (Fsp3) is 0.444.